The second-order valence-corrected chi connectivity index (χ2v) is 5.59. The van der Waals surface area contributed by atoms with Gasteiger partial charge in [0.25, 0.3) is 0 Å². The molecule has 0 bridgehead atoms. The molecule has 1 aromatic rings. The van der Waals surface area contributed by atoms with Crippen molar-refractivity contribution in [1.29, 1.82) is 0 Å². The molecule has 1 rings (SSSR count). The average Bonchev–Trinajstić information content (AvgIpc) is 2.49. The molecule has 0 spiro atoms. The number of aryl methyl sites for hydroxylation is 1. The van der Waals surface area contributed by atoms with Gasteiger partial charge in [0.1, 0.15) is 0 Å². The monoisotopic (exact) mass is 294 g/mol. The molecule has 0 saturated carbocycles. The molecule has 1 unspecified atom stereocenters. The number of hydrogen-bond donors (Lipinski definition) is 3. The molecule has 1 aromatic carbocycles. The highest BCUT2D eigenvalue weighted by molar-refractivity contribution is 5.81. The van der Waals surface area contributed by atoms with Crippen molar-refractivity contribution < 1.29 is 14.6 Å². The maximum absolute atomic E-state index is 11.9. The SMILES string of the molecule is COCCC(C)(O)CNC(=O)[C@@H](N)CCc1ccccc1. The van der Waals surface area contributed by atoms with Crippen LogP contribution >= 0.6 is 0 Å². The minimum absolute atomic E-state index is 0.175. The zero-order chi connectivity index (χ0) is 15.7. The number of ether oxygens (including phenoxy) is 1. The summed E-state index contributed by atoms with van der Waals surface area (Å²) >= 11 is 0. The summed E-state index contributed by atoms with van der Waals surface area (Å²) in [6.07, 6.45) is 1.80. The molecular weight excluding hydrogens is 268 g/mol. The first kappa shape index (κ1) is 17.6. The van der Waals surface area contributed by atoms with E-state index >= 15 is 0 Å². The highest BCUT2D eigenvalue weighted by Crippen LogP contribution is 2.08. The summed E-state index contributed by atoms with van der Waals surface area (Å²) < 4.78 is 4.92. The number of benzene rings is 1. The van der Waals surface area contributed by atoms with E-state index in [1.165, 1.54) is 0 Å². The van der Waals surface area contributed by atoms with Crippen LogP contribution in [0, 0.1) is 0 Å². The zero-order valence-electron chi connectivity index (χ0n) is 12.8. The van der Waals surface area contributed by atoms with Crippen LogP contribution in [0.4, 0.5) is 0 Å². The van der Waals surface area contributed by atoms with Crippen molar-refractivity contribution in [2.24, 2.45) is 5.73 Å². The first-order valence-electron chi connectivity index (χ1n) is 7.23. The van der Waals surface area contributed by atoms with Gasteiger partial charge >= 0.3 is 0 Å². The molecule has 118 valence electrons. The fourth-order valence-electron chi connectivity index (χ4n) is 1.92. The Hall–Kier alpha value is -1.43. The first-order chi connectivity index (χ1) is 9.94. The predicted octanol–water partition coefficient (Wildman–Crippen LogP) is 0.850. The van der Waals surface area contributed by atoms with Gasteiger partial charge in [0, 0.05) is 26.7 Å². The van der Waals surface area contributed by atoms with Gasteiger partial charge in [-0.15, -0.1) is 0 Å². The summed E-state index contributed by atoms with van der Waals surface area (Å²) in [4.78, 5) is 11.9. The van der Waals surface area contributed by atoms with Gasteiger partial charge in [0.15, 0.2) is 0 Å². The molecule has 5 nitrogen and oxygen atoms in total. The van der Waals surface area contributed by atoms with Gasteiger partial charge in [-0.3, -0.25) is 4.79 Å². The summed E-state index contributed by atoms with van der Waals surface area (Å²) in [7, 11) is 1.58. The Kier molecular flexibility index (Phi) is 7.36. The van der Waals surface area contributed by atoms with Gasteiger partial charge < -0.3 is 20.9 Å². The van der Waals surface area contributed by atoms with Crippen LogP contribution in [0.5, 0.6) is 0 Å². The average molecular weight is 294 g/mol. The second-order valence-electron chi connectivity index (χ2n) is 5.59. The lowest BCUT2D eigenvalue weighted by atomic mass is 10.0. The third-order valence-corrected chi connectivity index (χ3v) is 3.41. The Labute approximate surface area is 126 Å². The molecule has 1 amide bonds. The van der Waals surface area contributed by atoms with E-state index in [-0.39, 0.29) is 12.5 Å². The highest BCUT2D eigenvalue weighted by atomic mass is 16.5. The number of amides is 1. The smallest absolute Gasteiger partial charge is 0.237 e. The van der Waals surface area contributed by atoms with E-state index in [1.54, 1.807) is 14.0 Å². The maximum Gasteiger partial charge on any atom is 0.237 e. The molecule has 4 N–H and O–H groups in total. The molecule has 0 fully saturated rings. The number of carbonyl (C=O) groups excluding carboxylic acids is 1. The van der Waals surface area contributed by atoms with Crippen molar-refractivity contribution in [3.63, 3.8) is 0 Å². The summed E-state index contributed by atoms with van der Waals surface area (Å²) in [6.45, 7) is 2.29. The summed E-state index contributed by atoms with van der Waals surface area (Å²) in [5, 5.41) is 12.7. The number of rotatable bonds is 9. The van der Waals surface area contributed by atoms with E-state index in [9.17, 15) is 9.90 Å². The van der Waals surface area contributed by atoms with Gasteiger partial charge in [-0.2, -0.15) is 0 Å². The van der Waals surface area contributed by atoms with Gasteiger partial charge in [-0.05, 0) is 25.3 Å². The standard InChI is InChI=1S/C16H26N2O3/c1-16(20,10-11-21-2)12-18-15(19)14(17)9-8-13-6-4-3-5-7-13/h3-7,14,20H,8-12,17H2,1-2H3,(H,18,19)/t14-,16?/m0/s1. The summed E-state index contributed by atoms with van der Waals surface area (Å²) in [5.74, 6) is -0.233. The molecule has 21 heavy (non-hydrogen) atoms. The zero-order valence-corrected chi connectivity index (χ0v) is 12.8. The molecule has 0 aliphatic heterocycles. The molecule has 0 radical (unpaired) electrons. The molecule has 0 heterocycles. The van der Waals surface area contributed by atoms with Crippen LogP contribution in [0.25, 0.3) is 0 Å². The molecule has 0 aliphatic rings. The van der Waals surface area contributed by atoms with Gasteiger partial charge in [-0.25, -0.2) is 0 Å². The van der Waals surface area contributed by atoms with Crippen LogP contribution in [0.3, 0.4) is 0 Å². The largest absolute Gasteiger partial charge is 0.388 e. The highest BCUT2D eigenvalue weighted by Gasteiger charge is 2.22. The fourth-order valence-corrected chi connectivity index (χ4v) is 1.92. The topological polar surface area (TPSA) is 84.6 Å². The van der Waals surface area contributed by atoms with Crippen LogP contribution in [0.15, 0.2) is 30.3 Å². The van der Waals surface area contributed by atoms with E-state index in [2.05, 4.69) is 5.32 Å². The third kappa shape index (κ3) is 7.22. The second kappa shape index (κ2) is 8.77. The fraction of sp³-hybridized carbons (Fsp3) is 0.562. The lowest BCUT2D eigenvalue weighted by molar-refractivity contribution is -0.123. The molecule has 2 atom stereocenters. The van der Waals surface area contributed by atoms with E-state index < -0.39 is 11.6 Å². The van der Waals surface area contributed by atoms with Crippen LogP contribution in [0.1, 0.15) is 25.3 Å². The Bertz CT molecular complexity index is 421. The molecular formula is C16H26N2O3. The van der Waals surface area contributed by atoms with Crippen molar-refractivity contribution >= 4 is 5.91 Å². The Morgan fingerprint density at radius 1 is 1.43 bits per heavy atom. The van der Waals surface area contributed by atoms with E-state index in [0.29, 0.717) is 19.4 Å². The van der Waals surface area contributed by atoms with Crippen molar-refractivity contribution in [2.45, 2.75) is 37.8 Å². The van der Waals surface area contributed by atoms with Crippen LogP contribution in [0.2, 0.25) is 0 Å². The number of carbonyl (C=O) groups is 1. The Balaban J connectivity index is 2.31. The van der Waals surface area contributed by atoms with Gasteiger partial charge in [0.05, 0.1) is 11.6 Å². The van der Waals surface area contributed by atoms with Gasteiger partial charge in [-0.1, -0.05) is 30.3 Å². The third-order valence-electron chi connectivity index (χ3n) is 3.41. The van der Waals surface area contributed by atoms with Gasteiger partial charge in [0.2, 0.25) is 5.91 Å². The van der Waals surface area contributed by atoms with Crippen LogP contribution in [-0.4, -0.2) is 42.9 Å². The number of nitrogens with two attached hydrogens (primary N) is 1. The minimum Gasteiger partial charge on any atom is -0.388 e. The number of aliphatic hydroxyl groups is 1. The molecule has 0 saturated heterocycles. The number of nitrogens with one attached hydrogen (secondary N) is 1. The van der Waals surface area contributed by atoms with Crippen molar-refractivity contribution in [1.82, 2.24) is 5.32 Å². The first-order valence-corrected chi connectivity index (χ1v) is 7.23. The van der Waals surface area contributed by atoms with Crippen molar-refractivity contribution in [3.05, 3.63) is 35.9 Å². The Morgan fingerprint density at radius 2 is 2.10 bits per heavy atom. The lowest BCUT2D eigenvalue weighted by Crippen LogP contribution is -2.47. The van der Waals surface area contributed by atoms with Crippen molar-refractivity contribution in [3.8, 4) is 0 Å². The van der Waals surface area contributed by atoms with Crippen LogP contribution < -0.4 is 11.1 Å². The number of hydrogen-bond acceptors (Lipinski definition) is 4. The van der Waals surface area contributed by atoms with E-state index in [4.69, 9.17) is 10.5 Å². The minimum atomic E-state index is -0.981. The number of methoxy groups -OCH3 is 1. The molecule has 0 aromatic heterocycles. The molecule has 5 heteroatoms. The summed E-state index contributed by atoms with van der Waals surface area (Å²) in [5.41, 5.74) is 6.05. The van der Waals surface area contributed by atoms with Crippen molar-refractivity contribution in [2.75, 3.05) is 20.3 Å². The Morgan fingerprint density at radius 3 is 2.71 bits per heavy atom. The lowest BCUT2D eigenvalue weighted by Gasteiger charge is -2.24. The van der Waals surface area contributed by atoms with Crippen LogP contribution in [-0.2, 0) is 16.0 Å². The predicted molar refractivity (Wildman–Crippen MR) is 82.9 cm³/mol. The molecule has 0 aliphatic carbocycles. The summed E-state index contributed by atoms with van der Waals surface area (Å²) in [6, 6.07) is 9.35. The quantitative estimate of drug-likeness (QED) is 0.630. The normalized spacial score (nSPS) is 15.2. The van der Waals surface area contributed by atoms with E-state index in [0.717, 1.165) is 12.0 Å². The van der Waals surface area contributed by atoms with E-state index in [1.807, 2.05) is 30.3 Å². The maximum atomic E-state index is 11.9.